The van der Waals surface area contributed by atoms with E-state index in [2.05, 4.69) is 0 Å². The van der Waals surface area contributed by atoms with E-state index in [9.17, 15) is 4.79 Å². The van der Waals surface area contributed by atoms with Gasteiger partial charge in [0.2, 0.25) is 11.7 Å². The first-order valence-electron chi connectivity index (χ1n) is 11.1. The van der Waals surface area contributed by atoms with Crippen molar-refractivity contribution in [3.8, 4) is 28.7 Å². The maximum atomic E-state index is 12.8. The molecule has 4 rings (SSSR count). The topological polar surface area (TPSA) is 66.5 Å². The second-order valence-electron chi connectivity index (χ2n) is 8.15. The molecule has 1 unspecified atom stereocenters. The van der Waals surface area contributed by atoms with Crippen molar-refractivity contribution in [1.29, 1.82) is 0 Å². The maximum Gasteiger partial charge on any atom is 0.234 e. The summed E-state index contributed by atoms with van der Waals surface area (Å²) in [6, 6.07) is 9.74. The highest BCUT2D eigenvalue weighted by Crippen LogP contribution is 2.44. The number of thioether (sulfide) groups is 1. The predicted molar refractivity (Wildman–Crippen MR) is 128 cm³/mol. The van der Waals surface area contributed by atoms with Crippen LogP contribution >= 0.6 is 11.8 Å². The molecule has 1 atom stereocenters. The third-order valence-electron chi connectivity index (χ3n) is 6.11. The number of amides is 1. The zero-order valence-electron chi connectivity index (χ0n) is 19.6. The average molecular weight is 474 g/mol. The van der Waals surface area contributed by atoms with Gasteiger partial charge in [-0.15, -0.1) is 11.8 Å². The van der Waals surface area contributed by atoms with Crippen molar-refractivity contribution < 1.29 is 28.5 Å². The molecule has 8 heteroatoms. The summed E-state index contributed by atoms with van der Waals surface area (Å²) in [6.45, 7) is 0.429. The van der Waals surface area contributed by atoms with E-state index in [-0.39, 0.29) is 17.4 Å². The fraction of sp³-hybridized carbons (Fsp3) is 0.480. The number of carbonyl (C=O) groups is 1. The fourth-order valence-corrected chi connectivity index (χ4v) is 5.63. The summed E-state index contributed by atoms with van der Waals surface area (Å²) in [5.74, 6) is 3.66. The van der Waals surface area contributed by atoms with Gasteiger partial charge in [0.1, 0.15) is 5.37 Å². The zero-order chi connectivity index (χ0) is 23.4. The molecule has 2 fully saturated rings. The standard InChI is InChI=1S/C25H31NO6S/c1-28-19-10-9-17(13-20(19)32-18-7-5-6-8-18)25-26(23(27)15-33-25)14-16-11-21(29-2)24(31-4)22(12-16)30-3/h9-13,18,25H,5-8,14-15H2,1-4H3. The zero-order valence-corrected chi connectivity index (χ0v) is 20.4. The molecule has 2 aliphatic rings. The number of hydrogen-bond acceptors (Lipinski definition) is 7. The lowest BCUT2D eigenvalue weighted by atomic mass is 10.1. The van der Waals surface area contributed by atoms with Gasteiger partial charge in [0.05, 0.1) is 40.3 Å². The van der Waals surface area contributed by atoms with E-state index < -0.39 is 0 Å². The normalized spacial score (nSPS) is 18.5. The van der Waals surface area contributed by atoms with Crippen LogP contribution in [0.1, 0.15) is 42.2 Å². The van der Waals surface area contributed by atoms with Gasteiger partial charge in [-0.1, -0.05) is 6.07 Å². The lowest BCUT2D eigenvalue weighted by Gasteiger charge is -2.26. The first-order valence-corrected chi connectivity index (χ1v) is 12.2. The minimum absolute atomic E-state index is 0.0906. The minimum Gasteiger partial charge on any atom is -0.493 e. The van der Waals surface area contributed by atoms with Crippen molar-refractivity contribution in [2.75, 3.05) is 34.2 Å². The van der Waals surface area contributed by atoms with Crippen LogP contribution in [0.15, 0.2) is 30.3 Å². The molecule has 0 spiro atoms. The third-order valence-corrected chi connectivity index (χ3v) is 7.37. The number of nitrogens with zero attached hydrogens (tertiary/aromatic N) is 1. The highest BCUT2D eigenvalue weighted by Gasteiger charge is 2.34. The van der Waals surface area contributed by atoms with Gasteiger partial charge >= 0.3 is 0 Å². The summed E-state index contributed by atoms with van der Waals surface area (Å²) >= 11 is 1.62. The molecule has 178 valence electrons. The number of methoxy groups -OCH3 is 4. The summed E-state index contributed by atoms with van der Waals surface area (Å²) in [6.07, 6.45) is 4.75. The first kappa shape index (κ1) is 23.4. The van der Waals surface area contributed by atoms with Gasteiger partial charge in [0.25, 0.3) is 0 Å². The highest BCUT2D eigenvalue weighted by molar-refractivity contribution is 8.00. The van der Waals surface area contributed by atoms with Gasteiger partial charge in [-0.3, -0.25) is 4.79 Å². The number of benzene rings is 2. The number of rotatable bonds is 9. The van der Waals surface area contributed by atoms with E-state index >= 15 is 0 Å². The molecule has 2 aromatic carbocycles. The van der Waals surface area contributed by atoms with Crippen LogP contribution in [0.25, 0.3) is 0 Å². The fourth-order valence-electron chi connectivity index (χ4n) is 4.45. The van der Waals surface area contributed by atoms with E-state index in [1.807, 2.05) is 35.2 Å². The summed E-state index contributed by atoms with van der Waals surface area (Å²) in [5.41, 5.74) is 1.92. The lowest BCUT2D eigenvalue weighted by molar-refractivity contribution is -0.128. The molecular weight excluding hydrogens is 442 g/mol. The Morgan fingerprint density at radius 3 is 2.15 bits per heavy atom. The molecule has 1 saturated carbocycles. The van der Waals surface area contributed by atoms with Crippen molar-refractivity contribution in [2.24, 2.45) is 0 Å². The summed E-state index contributed by atoms with van der Waals surface area (Å²) in [5, 5.41) is -0.117. The molecule has 33 heavy (non-hydrogen) atoms. The molecule has 1 aliphatic heterocycles. The minimum atomic E-state index is -0.117. The van der Waals surface area contributed by atoms with Crippen molar-refractivity contribution >= 4 is 17.7 Å². The Morgan fingerprint density at radius 2 is 1.55 bits per heavy atom. The Morgan fingerprint density at radius 1 is 0.879 bits per heavy atom. The Bertz CT molecular complexity index is 966. The van der Waals surface area contributed by atoms with Gasteiger partial charge in [0, 0.05) is 6.54 Å². The third kappa shape index (κ3) is 4.95. The van der Waals surface area contributed by atoms with Gasteiger partial charge in [-0.2, -0.15) is 0 Å². The van der Waals surface area contributed by atoms with Crippen LogP contribution in [-0.4, -0.2) is 51.1 Å². The largest absolute Gasteiger partial charge is 0.493 e. The molecule has 1 heterocycles. The Balaban J connectivity index is 1.61. The Kier molecular flexibility index (Phi) is 7.42. The molecule has 2 aromatic rings. The van der Waals surface area contributed by atoms with E-state index in [0.717, 1.165) is 35.5 Å². The summed E-state index contributed by atoms with van der Waals surface area (Å²) in [7, 11) is 6.40. The predicted octanol–water partition coefficient (Wildman–Crippen LogP) is 4.82. The van der Waals surface area contributed by atoms with Gasteiger partial charge in [-0.05, 0) is 61.1 Å². The second-order valence-corrected chi connectivity index (χ2v) is 9.22. The van der Waals surface area contributed by atoms with Crippen LogP contribution in [0.4, 0.5) is 0 Å². The highest BCUT2D eigenvalue weighted by atomic mass is 32.2. The molecule has 0 aromatic heterocycles. The lowest BCUT2D eigenvalue weighted by Crippen LogP contribution is -2.27. The van der Waals surface area contributed by atoms with Crippen LogP contribution in [0.2, 0.25) is 0 Å². The van der Waals surface area contributed by atoms with Crippen LogP contribution in [-0.2, 0) is 11.3 Å². The van der Waals surface area contributed by atoms with Crippen molar-refractivity contribution in [1.82, 2.24) is 4.90 Å². The van der Waals surface area contributed by atoms with Crippen LogP contribution < -0.4 is 23.7 Å². The molecular formula is C25H31NO6S. The quantitative estimate of drug-likeness (QED) is 0.517. The van der Waals surface area contributed by atoms with Crippen LogP contribution in [0, 0.1) is 0 Å². The molecule has 1 aliphatic carbocycles. The molecule has 0 N–H and O–H groups in total. The van der Waals surface area contributed by atoms with Crippen LogP contribution in [0.3, 0.4) is 0 Å². The molecule has 1 saturated heterocycles. The van der Waals surface area contributed by atoms with Gasteiger partial charge < -0.3 is 28.6 Å². The summed E-state index contributed by atoms with van der Waals surface area (Å²) in [4.78, 5) is 14.7. The van der Waals surface area contributed by atoms with Crippen LogP contribution in [0.5, 0.6) is 28.7 Å². The first-order chi connectivity index (χ1) is 16.1. The second kappa shape index (κ2) is 10.5. The van der Waals surface area contributed by atoms with Crippen molar-refractivity contribution in [3.63, 3.8) is 0 Å². The Hall–Kier alpha value is -2.74. The van der Waals surface area contributed by atoms with Crippen molar-refractivity contribution in [2.45, 2.75) is 43.7 Å². The molecule has 1 amide bonds. The molecule has 7 nitrogen and oxygen atoms in total. The maximum absolute atomic E-state index is 12.8. The average Bonchev–Trinajstić information content (AvgIpc) is 3.48. The Labute approximate surface area is 199 Å². The van der Waals surface area contributed by atoms with E-state index in [1.54, 1.807) is 40.2 Å². The molecule has 0 radical (unpaired) electrons. The summed E-state index contributed by atoms with van der Waals surface area (Å²) < 4.78 is 28.2. The monoisotopic (exact) mass is 473 g/mol. The van der Waals surface area contributed by atoms with Gasteiger partial charge in [0.15, 0.2) is 23.0 Å². The number of ether oxygens (including phenoxy) is 5. The number of carbonyl (C=O) groups excluding carboxylic acids is 1. The smallest absolute Gasteiger partial charge is 0.234 e. The molecule has 0 bridgehead atoms. The number of hydrogen-bond donors (Lipinski definition) is 0. The van der Waals surface area contributed by atoms with E-state index in [1.165, 1.54) is 12.8 Å². The van der Waals surface area contributed by atoms with Crippen molar-refractivity contribution in [3.05, 3.63) is 41.5 Å². The van der Waals surface area contributed by atoms with E-state index in [4.69, 9.17) is 23.7 Å². The SMILES string of the molecule is COc1ccc(C2SCC(=O)N2Cc2cc(OC)c(OC)c(OC)c2)cc1OC1CCCC1. The van der Waals surface area contributed by atoms with Gasteiger partial charge in [-0.25, -0.2) is 0 Å². The van der Waals surface area contributed by atoms with E-state index in [0.29, 0.717) is 29.5 Å².